The van der Waals surface area contributed by atoms with E-state index >= 15 is 0 Å². The Morgan fingerprint density at radius 1 is 1.00 bits per heavy atom. The summed E-state index contributed by atoms with van der Waals surface area (Å²) in [4.78, 5) is 10.9. The molecule has 0 bridgehead atoms. The summed E-state index contributed by atoms with van der Waals surface area (Å²) in [5.41, 5.74) is -2.62. The minimum absolute atomic E-state index is 0.120. The van der Waals surface area contributed by atoms with E-state index in [0.29, 0.717) is 12.1 Å². The highest BCUT2D eigenvalue weighted by Crippen LogP contribution is 2.38. The molecule has 0 unspecified atom stereocenters. The lowest BCUT2D eigenvalue weighted by atomic mass is 9.95. The highest BCUT2D eigenvalue weighted by molar-refractivity contribution is 5.88. The van der Waals surface area contributed by atoms with Crippen molar-refractivity contribution < 1.29 is 26.7 Å². The molecule has 0 atom stereocenters. The van der Waals surface area contributed by atoms with Crippen LogP contribution >= 0.6 is 0 Å². The van der Waals surface area contributed by atoms with E-state index in [1.807, 2.05) is 0 Å². The molecule has 0 N–H and O–H groups in total. The molecule has 0 heterocycles. The summed E-state index contributed by atoms with van der Waals surface area (Å²) in [5.74, 6) is -2.25. The van der Waals surface area contributed by atoms with Crippen molar-refractivity contribution in [1.29, 1.82) is 0 Å². The third-order valence-corrected chi connectivity index (χ3v) is 2.71. The number of benzene rings is 2. The van der Waals surface area contributed by atoms with E-state index in [4.69, 9.17) is 0 Å². The summed E-state index contributed by atoms with van der Waals surface area (Å²) in [6.45, 7) is 0. The van der Waals surface area contributed by atoms with E-state index in [2.05, 4.69) is 0 Å². The first-order chi connectivity index (χ1) is 9.34. The van der Waals surface area contributed by atoms with Gasteiger partial charge >= 0.3 is 6.18 Å². The molecular formula is C14H7F5O. The number of carbonyl (C=O) groups is 1. The van der Waals surface area contributed by atoms with E-state index in [1.54, 1.807) is 0 Å². The average Bonchev–Trinajstić information content (AvgIpc) is 2.36. The second-order valence-electron chi connectivity index (χ2n) is 4.01. The molecule has 2 rings (SSSR count). The topological polar surface area (TPSA) is 17.1 Å². The fourth-order valence-electron chi connectivity index (χ4n) is 1.92. The van der Waals surface area contributed by atoms with Gasteiger partial charge in [0.25, 0.3) is 0 Å². The molecule has 0 aliphatic carbocycles. The van der Waals surface area contributed by atoms with Crippen molar-refractivity contribution in [3.8, 4) is 11.1 Å². The molecule has 0 saturated heterocycles. The molecule has 6 heteroatoms. The first-order valence-electron chi connectivity index (χ1n) is 5.45. The van der Waals surface area contributed by atoms with Gasteiger partial charge < -0.3 is 0 Å². The second kappa shape index (κ2) is 5.03. The Hall–Kier alpha value is -2.24. The lowest BCUT2D eigenvalue weighted by Crippen LogP contribution is -2.08. The van der Waals surface area contributed by atoms with Crippen LogP contribution in [0, 0.1) is 11.6 Å². The largest absolute Gasteiger partial charge is 0.417 e. The van der Waals surface area contributed by atoms with E-state index in [-0.39, 0.29) is 6.29 Å². The Balaban J connectivity index is 2.79. The van der Waals surface area contributed by atoms with Gasteiger partial charge in [-0.25, -0.2) is 8.78 Å². The Bertz CT molecular complexity index is 661. The molecule has 2 aromatic rings. The van der Waals surface area contributed by atoms with E-state index in [0.717, 1.165) is 18.2 Å². The predicted octanol–water partition coefficient (Wildman–Crippen LogP) is 4.46. The molecule has 0 saturated carbocycles. The van der Waals surface area contributed by atoms with Crippen molar-refractivity contribution in [1.82, 2.24) is 0 Å². The van der Waals surface area contributed by atoms with Gasteiger partial charge in [0.2, 0.25) is 0 Å². The smallest absolute Gasteiger partial charge is 0.298 e. The van der Waals surface area contributed by atoms with Gasteiger partial charge in [0.15, 0.2) is 6.29 Å². The predicted molar refractivity (Wildman–Crippen MR) is 62.2 cm³/mol. The van der Waals surface area contributed by atoms with Crippen LogP contribution in [0.25, 0.3) is 11.1 Å². The fraction of sp³-hybridized carbons (Fsp3) is 0.0714. The van der Waals surface area contributed by atoms with Gasteiger partial charge in [-0.2, -0.15) is 13.2 Å². The van der Waals surface area contributed by atoms with Crippen LogP contribution in [0.4, 0.5) is 22.0 Å². The van der Waals surface area contributed by atoms with Gasteiger partial charge in [-0.1, -0.05) is 18.2 Å². The summed E-state index contributed by atoms with van der Waals surface area (Å²) in [5, 5.41) is 0. The standard InChI is InChI=1S/C14H7F5O/c15-9-5-8(7-20)13(12(16)6-9)10-3-1-2-4-11(10)14(17,18)19/h1-7H. The summed E-state index contributed by atoms with van der Waals surface area (Å²) in [7, 11) is 0. The molecule has 0 amide bonds. The maximum atomic E-state index is 13.8. The van der Waals surface area contributed by atoms with Gasteiger partial charge in [-0.15, -0.1) is 0 Å². The minimum Gasteiger partial charge on any atom is -0.298 e. The average molecular weight is 286 g/mol. The first-order valence-corrected chi connectivity index (χ1v) is 5.45. The van der Waals surface area contributed by atoms with Gasteiger partial charge in [-0.05, 0) is 17.7 Å². The first kappa shape index (κ1) is 14.2. The summed E-state index contributed by atoms with van der Waals surface area (Å²) in [6, 6.07) is 5.36. The molecule has 2 aromatic carbocycles. The van der Waals surface area contributed by atoms with Crippen molar-refractivity contribution >= 4 is 6.29 Å². The van der Waals surface area contributed by atoms with Crippen LogP contribution in [0.3, 0.4) is 0 Å². The Morgan fingerprint density at radius 3 is 2.25 bits per heavy atom. The van der Waals surface area contributed by atoms with Gasteiger partial charge in [0, 0.05) is 17.2 Å². The monoisotopic (exact) mass is 286 g/mol. The fourth-order valence-corrected chi connectivity index (χ4v) is 1.92. The normalized spacial score (nSPS) is 11.4. The van der Waals surface area contributed by atoms with Crippen LogP contribution in [-0.4, -0.2) is 6.29 Å². The Morgan fingerprint density at radius 2 is 1.65 bits per heavy atom. The third-order valence-electron chi connectivity index (χ3n) is 2.71. The Kier molecular flexibility index (Phi) is 3.57. The number of hydrogen-bond donors (Lipinski definition) is 0. The van der Waals surface area contributed by atoms with E-state index in [9.17, 15) is 26.7 Å². The van der Waals surface area contributed by atoms with Crippen LogP contribution in [-0.2, 0) is 6.18 Å². The molecule has 0 spiro atoms. The molecule has 0 aliphatic rings. The lowest BCUT2D eigenvalue weighted by molar-refractivity contribution is -0.137. The summed E-state index contributed by atoms with van der Waals surface area (Å²) < 4.78 is 65.5. The minimum atomic E-state index is -4.71. The molecule has 0 aliphatic heterocycles. The van der Waals surface area contributed by atoms with Crippen molar-refractivity contribution in [2.45, 2.75) is 6.18 Å². The summed E-state index contributed by atoms with van der Waals surface area (Å²) >= 11 is 0. The van der Waals surface area contributed by atoms with E-state index < -0.39 is 40.1 Å². The number of alkyl halides is 3. The number of halogens is 5. The zero-order chi connectivity index (χ0) is 14.9. The molecule has 104 valence electrons. The SMILES string of the molecule is O=Cc1cc(F)cc(F)c1-c1ccccc1C(F)(F)F. The van der Waals surface area contributed by atoms with Crippen LogP contribution in [0.5, 0.6) is 0 Å². The molecule has 20 heavy (non-hydrogen) atoms. The van der Waals surface area contributed by atoms with Crippen molar-refractivity contribution in [3.63, 3.8) is 0 Å². The Labute approximate surface area is 110 Å². The van der Waals surface area contributed by atoms with E-state index in [1.165, 1.54) is 6.07 Å². The highest BCUT2D eigenvalue weighted by Gasteiger charge is 2.34. The van der Waals surface area contributed by atoms with Crippen LogP contribution < -0.4 is 0 Å². The molecular weight excluding hydrogens is 279 g/mol. The number of hydrogen-bond acceptors (Lipinski definition) is 1. The zero-order valence-corrected chi connectivity index (χ0v) is 9.84. The molecule has 1 nitrogen and oxygen atoms in total. The maximum absolute atomic E-state index is 13.8. The molecule has 0 fully saturated rings. The molecule has 0 radical (unpaired) electrons. The van der Waals surface area contributed by atoms with Crippen molar-refractivity contribution in [2.24, 2.45) is 0 Å². The van der Waals surface area contributed by atoms with Gasteiger partial charge in [0.1, 0.15) is 11.6 Å². The highest BCUT2D eigenvalue weighted by atomic mass is 19.4. The zero-order valence-electron chi connectivity index (χ0n) is 9.84. The molecule has 0 aromatic heterocycles. The van der Waals surface area contributed by atoms with Crippen LogP contribution in [0.2, 0.25) is 0 Å². The third kappa shape index (κ3) is 2.54. The quantitative estimate of drug-likeness (QED) is 0.588. The second-order valence-corrected chi connectivity index (χ2v) is 4.01. The van der Waals surface area contributed by atoms with Gasteiger partial charge in [0.05, 0.1) is 5.56 Å². The van der Waals surface area contributed by atoms with Crippen LogP contribution in [0.1, 0.15) is 15.9 Å². The lowest BCUT2D eigenvalue weighted by Gasteiger charge is -2.14. The van der Waals surface area contributed by atoms with Crippen LogP contribution in [0.15, 0.2) is 36.4 Å². The number of rotatable bonds is 2. The van der Waals surface area contributed by atoms with Crippen molar-refractivity contribution in [3.05, 3.63) is 59.2 Å². The number of carbonyl (C=O) groups excluding carboxylic acids is 1. The van der Waals surface area contributed by atoms with Crippen molar-refractivity contribution in [2.75, 3.05) is 0 Å². The number of aldehydes is 1. The maximum Gasteiger partial charge on any atom is 0.417 e. The van der Waals surface area contributed by atoms with Gasteiger partial charge in [-0.3, -0.25) is 4.79 Å². The summed E-state index contributed by atoms with van der Waals surface area (Å²) in [6.07, 6.45) is -4.59.